The first kappa shape index (κ1) is 14.7. The van der Waals surface area contributed by atoms with E-state index in [4.69, 9.17) is 4.74 Å². The molecule has 0 saturated heterocycles. The van der Waals surface area contributed by atoms with Crippen molar-refractivity contribution in [2.75, 3.05) is 6.61 Å². The topological polar surface area (TPSA) is 66.8 Å². The molecule has 0 aromatic heterocycles. The van der Waals surface area contributed by atoms with Crippen molar-refractivity contribution in [3.05, 3.63) is 59.2 Å². The molecule has 0 unspecified atom stereocenters. The van der Waals surface area contributed by atoms with Gasteiger partial charge in [-0.15, -0.1) is 0 Å². The predicted octanol–water partition coefficient (Wildman–Crippen LogP) is 3.44. The fraction of sp³-hybridized carbons (Fsp3) is 0.118. The molecule has 0 fully saturated rings. The number of esters is 1. The summed E-state index contributed by atoms with van der Waals surface area (Å²) < 4.78 is 4.95. The van der Waals surface area contributed by atoms with Crippen LogP contribution < -0.4 is 0 Å². The van der Waals surface area contributed by atoms with Crippen molar-refractivity contribution in [3.8, 4) is 11.5 Å². The minimum Gasteiger partial charge on any atom is -0.504 e. The Bertz CT molecular complexity index is 674. The van der Waals surface area contributed by atoms with Gasteiger partial charge in [-0.05, 0) is 42.3 Å². The lowest BCUT2D eigenvalue weighted by atomic mass is 10.1. The summed E-state index contributed by atoms with van der Waals surface area (Å²) in [6.45, 7) is 2.10. The largest absolute Gasteiger partial charge is 0.504 e. The van der Waals surface area contributed by atoms with Gasteiger partial charge in [0.05, 0.1) is 12.2 Å². The van der Waals surface area contributed by atoms with Crippen LogP contribution in [-0.4, -0.2) is 22.8 Å². The Morgan fingerprint density at radius 3 is 2.43 bits per heavy atom. The average molecular weight is 284 g/mol. The molecule has 108 valence electrons. The average Bonchev–Trinajstić information content (AvgIpc) is 2.49. The van der Waals surface area contributed by atoms with Gasteiger partial charge in [-0.3, -0.25) is 0 Å². The van der Waals surface area contributed by atoms with Crippen LogP contribution in [0, 0.1) is 0 Å². The predicted molar refractivity (Wildman–Crippen MR) is 81.1 cm³/mol. The van der Waals surface area contributed by atoms with Crippen LogP contribution in [0.2, 0.25) is 0 Å². The van der Waals surface area contributed by atoms with Crippen LogP contribution in [0.25, 0.3) is 12.2 Å². The van der Waals surface area contributed by atoms with Crippen molar-refractivity contribution >= 4 is 18.1 Å². The second kappa shape index (κ2) is 6.61. The molecule has 4 nitrogen and oxygen atoms in total. The summed E-state index contributed by atoms with van der Waals surface area (Å²) in [5.74, 6) is -0.677. The Hall–Kier alpha value is -2.75. The summed E-state index contributed by atoms with van der Waals surface area (Å²) in [6.07, 6.45) is 3.60. The fourth-order valence-corrected chi connectivity index (χ4v) is 1.82. The number of hydrogen-bond acceptors (Lipinski definition) is 4. The SMILES string of the molecule is CCOC(=O)c1cccc(C=Cc2ccc(O)c(O)c2)c1. The third-order valence-electron chi connectivity index (χ3n) is 2.87. The lowest BCUT2D eigenvalue weighted by Crippen LogP contribution is -2.04. The van der Waals surface area contributed by atoms with Gasteiger partial charge in [0, 0.05) is 0 Å². The molecule has 0 heterocycles. The van der Waals surface area contributed by atoms with Crippen molar-refractivity contribution in [1.82, 2.24) is 0 Å². The molecule has 2 rings (SSSR count). The molecule has 0 aliphatic carbocycles. The Morgan fingerprint density at radius 1 is 1.05 bits per heavy atom. The summed E-state index contributed by atoms with van der Waals surface area (Å²) in [4.78, 5) is 11.6. The summed E-state index contributed by atoms with van der Waals surface area (Å²) in [5.41, 5.74) is 2.08. The zero-order valence-corrected chi connectivity index (χ0v) is 11.6. The molecule has 0 bridgehead atoms. The molecule has 4 heteroatoms. The first-order valence-corrected chi connectivity index (χ1v) is 6.57. The number of benzene rings is 2. The standard InChI is InChI=1S/C17H16O4/c1-2-21-17(20)14-5-3-4-12(10-14)6-7-13-8-9-15(18)16(19)11-13/h3-11,18-19H,2H2,1H3. The Kier molecular flexibility index (Phi) is 4.61. The van der Waals surface area contributed by atoms with Crippen molar-refractivity contribution in [2.24, 2.45) is 0 Å². The van der Waals surface area contributed by atoms with E-state index in [-0.39, 0.29) is 17.5 Å². The second-order valence-electron chi connectivity index (χ2n) is 4.43. The number of ether oxygens (including phenoxy) is 1. The quantitative estimate of drug-likeness (QED) is 0.512. The zero-order valence-electron chi connectivity index (χ0n) is 11.6. The van der Waals surface area contributed by atoms with E-state index >= 15 is 0 Å². The number of aromatic hydroxyl groups is 2. The Balaban J connectivity index is 2.19. The molecule has 2 aromatic carbocycles. The van der Waals surface area contributed by atoms with Crippen LogP contribution in [0.15, 0.2) is 42.5 Å². The van der Waals surface area contributed by atoms with Gasteiger partial charge in [-0.2, -0.15) is 0 Å². The Morgan fingerprint density at radius 2 is 1.76 bits per heavy atom. The third kappa shape index (κ3) is 3.86. The number of hydrogen-bond donors (Lipinski definition) is 2. The van der Waals surface area contributed by atoms with Gasteiger partial charge in [0.1, 0.15) is 0 Å². The molecule has 0 atom stereocenters. The van der Waals surface area contributed by atoms with Crippen LogP contribution in [0.4, 0.5) is 0 Å². The Labute approximate surface area is 122 Å². The lowest BCUT2D eigenvalue weighted by molar-refractivity contribution is 0.0526. The highest BCUT2D eigenvalue weighted by Crippen LogP contribution is 2.25. The zero-order chi connectivity index (χ0) is 15.2. The lowest BCUT2D eigenvalue weighted by Gasteiger charge is -2.02. The molecule has 0 aliphatic heterocycles. The van der Waals surface area contributed by atoms with Crippen molar-refractivity contribution in [2.45, 2.75) is 6.92 Å². The number of phenolic OH excluding ortho intramolecular Hbond substituents is 2. The smallest absolute Gasteiger partial charge is 0.338 e. The molecular weight excluding hydrogens is 268 g/mol. The number of phenols is 2. The van der Waals surface area contributed by atoms with Gasteiger partial charge >= 0.3 is 5.97 Å². The van der Waals surface area contributed by atoms with Crippen LogP contribution in [-0.2, 0) is 4.74 Å². The van der Waals surface area contributed by atoms with Crippen molar-refractivity contribution in [1.29, 1.82) is 0 Å². The fourth-order valence-electron chi connectivity index (χ4n) is 1.82. The minimum absolute atomic E-state index is 0.156. The van der Waals surface area contributed by atoms with Crippen LogP contribution >= 0.6 is 0 Å². The van der Waals surface area contributed by atoms with Gasteiger partial charge in [-0.1, -0.05) is 30.4 Å². The minimum atomic E-state index is -0.352. The van der Waals surface area contributed by atoms with E-state index < -0.39 is 0 Å². The van der Waals surface area contributed by atoms with E-state index in [1.165, 1.54) is 12.1 Å². The molecular formula is C17H16O4. The first-order valence-electron chi connectivity index (χ1n) is 6.57. The molecule has 0 radical (unpaired) electrons. The van der Waals surface area contributed by atoms with Gasteiger partial charge in [0.2, 0.25) is 0 Å². The highest BCUT2D eigenvalue weighted by Gasteiger charge is 2.05. The number of rotatable bonds is 4. The van der Waals surface area contributed by atoms with Gasteiger partial charge in [0.15, 0.2) is 11.5 Å². The van der Waals surface area contributed by atoms with Crippen molar-refractivity contribution < 1.29 is 19.7 Å². The molecule has 2 N–H and O–H groups in total. The van der Waals surface area contributed by atoms with Gasteiger partial charge < -0.3 is 14.9 Å². The van der Waals surface area contributed by atoms with E-state index in [0.717, 1.165) is 11.1 Å². The first-order chi connectivity index (χ1) is 10.1. The highest BCUT2D eigenvalue weighted by atomic mass is 16.5. The molecule has 2 aromatic rings. The van der Waals surface area contributed by atoms with E-state index in [1.807, 2.05) is 12.1 Å². The molecule has 21 heavy (non-hydrogen) atoms. The maximum Gasteiger partial charge on any atom is 0.338 e. The summed E-state index contributed by atoms with van der Waals surface area (Å²) >= 11 is 0. The maximum absolute atomic E-state index is 11.6. The van der Waals surface area contributed by atoms with E-state index in [2.05, 4.69) is 0 Å². The van der Waals surface area contributed by atoms with Gasteiger partial charge in [0.25, 0.3) is 0 Å². The van der Waals surface area contributed by atoms with Crippen LogP contribution in [0.5, 0.6) is 11.5 Å². The van der Waals surface area contributed by atoms with E-state index in [1.54, 1.807) is 37.3 Å². The summed E-state index contributed by atoms with van der Waals surface area (Å²) in [5, 5.41) is 18.7. The molecule has 0 spiro atoms. The number of carbonyl (C=O) groups is 1. The van der Waals surface area contributed by atoms with Crippen LogP contribution in [0.1, 0.15) is 28.4 Å². The maximum atomic E-state index is 11.6. The summed E-state index contributed by atoms with van der Waals surface area (Å²) in [6, 6.07) is 11.6. The summed E-state index contributed by atoms with van der Waals surface area (Å²) in [7, 11) is 0. The molecule has 0 amide bonds. The monoisotopic (exact) mass is 284 g/mol. The third-order valence-corrected chi connectivity index (χ3v) is 2.87. The van der Waals surface area contributed by atoms with E-state index in [0.29, 0.717) is 12.2 Å². The normalized spacial score (nSPS) is 10.7. The number of carbonyl (C=O) groups excluding carboxylic acids is 1. The highest BCUT2D eigenvalue weighted by molar-refractivity contribution is 5.90. The van der Waals surface area contributed by atoms with Crippen LogP contribution in [0.3, 0.4) is 0 Å². The molecule has 0 aliphatic rings. The van der Waals surface area contributed by atoms with Crippen molar-refractivity contribution in [3.63, 3.8) is 0 Å². The van der Waals surface area contributed by atoms with E-state index in [9.17, 15) is 15.0 Å². The second-order valence-corrected chi connectivity index (χ2v) is 4.43. The van der Waals surface area contributed by atoms with Gasteiger partial charge in [-0.25, -0.2) is 4.79 Å². The molecule has 0 saturated carbocycles.